The zero-order valence-electron chi connectivity index (χ0n) is 20.9. The van der Waals surface area contributed by atoms with Crippen LogP contribution >= 0.6 is 36.2 Å². The number of H-pyrrole nitrogens is 1. The average molecular weight is 570 g/mol. The summed E-state index contributed by atoms with van der Waals surface area (Å²) >= 11 is 7.04. The van der Waals surface area contributed by atoms with Crippen LogP contribution in [0.2, 0.25) is 0 Å². The predicted molar refractivity (Wildman–Crippen MR) is 153 cm³/mol. The highest BCUT2D eigenvalue weighted by atomic mass is 32.2. The molecule has 2 rings (SSSR count). The molecule has 10 nitrogen and oxygen atoms in total. The fraction of sp³-hybridized carbons (Fsp3) is 0.500. The second-order valence-corrected chi connectivity index (χ2v) is 10.8. The van der Waals surface area contributed by atoms with Gasteiger partial charge in [0.2, 0.25) is 17.7 Å². The Morgan fingerprint density at radius 3 is 2.14 bits per heavy atom. The van der Waals surface area contributed by atoms with Gasteiger partial charge >= 0.3 is 5.97 Å². The van der Waals surface area contributed by atoms with Gasteiger partial charge in [0.1, 0.15) is 18.1 Å². The number of thioether (sulfide) groups is 2. The van der Waals surface area contributed by atoms with Gasteiger partial charge in [0.15, 0.2) is 0 Å². The second-order valence-electron chi connectivity index (χ2n) is 8.44. The molecule has 4 atom stereocenters. The van der Waals surface area contributed by atoms with Crippen molar-refractivity contribution < 1.29 is 24.3 Å². The van der Waals surface area contributed by atoms with Gasteiger partial charge in [-0.15, -0.1) is 0 Å². The molecule has 1 heterocycles. The number of rotatable bonds is 16. The minimum atomic E-state index is -1.14. The van der Waals surface area contributed by atoms with Crippen LogP contribution in [-0.2, 0) is 25.6 Å². The van der Waals surface area contributed by atoms with Crippen molar-refractivity contribution in [3.8, 4) is 0 Å². The maximum Gasteiger partial charge on any atom is 0.326 e. The number of nitrogens with two attached hydrogens (primary N) is 1. The van der Waals surface area contributed by atoms with Crippen molar-refractivity contribution in [2.45, 2.75) is 43.4 Å². The Balaban J connectivity index is 2.25. The molecule has 1 aromatic heterocycles. The molecule has 0 aliphatic carbocycles. The summed E-state index contributed by atoms with van der Waals surface area (Å²) in [6.07, 6.45) is 6.20. The first-order valence-corrected chi connectivity index (χ1v) is 15.2. The van der Waals surface area contributed by atoms with Gasteiger partial charge < -0.3 is 31.8 Å². The molecule has 2 aromatic rings. The summed E-state index contributed by atoms with van der Waals surface area (Å²) in [4.78, 5) is 53.8. The highest BCUT2D eigenvalue weighted by molar-refractivity contribution is 7.98. The van der Waals surface area contributed by atoms with Gasteiger partial charge in [-0.3, -0.25) is 14.4 Å². The van der Waals surface area contributed by atoms with E-state index in [0.29, 0.717) is 11.5 Å². The predicted octanol–water partition coefficient (Wildman–Crippen LogP) is 1.01. The Bertz CT molecular complexity index is 1070. The quantitative estimate of drug-likeness (QED) is 0.147. The summed E-state index contributed by atoms with van der Waals surface area (Å²) in [6, 6.07) is 3.61. The van der Waals surface area contributed by atoms with Crippen LogP contribution in [0.25, 0.3) is 10.9 Å². The van der Waals surface area contributed by atoms with E-state index in [2.05, 4.69) is 33.6 Å². The van der Waals surface area contributed by atoms with Crippen LogP contribution in [0.3, 0.4) is 0 Å². The van der Waals surface area contributed by atoms with E-state index in [1.165, 1.54) is 23.5 Å². The van der Waals surface area contributed by atoms with Gasteiger partial charge in [-0.1, -0.05) is 18.2 Å². The number of carbonyl (C=O) groups is 4. The number of aliphatic carboxylic acids is 1. The summed E-state index contributed by atoms with van der Waals surface area (Å²) < 4.78 is 0. The van der Waals surface area contributed by atoms with Gasteiger partial charge in [-0.2, -0.15) is 36.2 Å². The molecule has 4 unspecified atom stereocenters. The van der Waals surface area contributed by atoms with Crippen molar-refractivity contribution >= 4 is 70.7 Å². The number of carboxylic acids is 1. The second kappa shape index (κ2) is 15.8. The van der Waals surface area contributed by atoms with Crippen LogP contribution < -0.4 is 21.7 Å². The maximum atomic E-state index is 13.4. The van der Waals surface area contributed by atoms with Crippen LogP contribution in [0.4, 0.5) is 0 Å². The number of carboxylic acid groups (broad SMARTS) is 1. The zero-order chi connectivity index (χ0) is 27.4. The van der Waals surface area contributed by atoms with E-state index < -0.39 is 47.9 Å². The Labute approximate surface area is 230 Å². The lowest BCUT2D eigenvalue weighted by Gasteiger charge is -2.25. The molecule has 37 heavy (non-hydrogen) atoms. The topological polar surface area (TPSA) is 166 Å². The average Bonchev–Trinajstić information content (AvgIpc) is 3.30. The molecule has 0 spiro atoms. The van der Waals surface area contributed by atoms with E-state index >= 15 is 0 Å². The molecule has 7 N–H and O–H groups in total. The minimum absolute atomic E-state index is 0.0959. The lowest BCUT2D eigenvalue weighted by molar-refractivity contribution is -0.142. The Hall–Kier alpha value is -2.35. The van der Waals surface area contributed by atoms with E-state index in [-0.39, 0.29) is 25.0 Å². The molecule has 13 heteroatoms. The number of hydrogen-bond donors (Lipinski definition) is 7. The molecule has 0 aliphatic rings. The van der Waals surface area contributed by atoms with Gasteiger partial charge in [0.05, 0.1) is 6.04 Å². The standard InChI is InChI=1S/C24H35N5O5S3/c1-36-9-7-18(22(31)28-19(24(33)34)8-10-37-2)27-23(32)20(29-21(30)16(25)13-35)11-14-12-26-17-6-4-3-5-15(14)17/h3-6,12,16,18-20,26,35H,7-11,13,25H2,1-2H3,(H,27,32)(H,28,31)(H,29,30)(H,33,34). The molecule has 0 saturated heterocycles. The van der Waals surface area contributed by atoms with Crippen molar-refractivity contribution in [1.29, 1.82) is 0 Å². The summed E-state index contributed by atoms with van der Waals surface area (Å²) in [5.74, 6) is -1.61. The molecule has 0 fully saturated rings. The van der Waals surface area contributed by atoms with Gasteiger partial charge in [0.25, 0.3) is 0 Å². The Morgan fingerprint density at radius 2 is 1.51 bits per heavy atom. The van der Waals surface area contributed by atoms with E-state index in [1.807, 2.05) is 36.8 Å². The van der Waals surface area contributed by atoms with Gasteiger partial charge in [0, 0.05) is 29.3 Å². The number of thiol groups is 1. The highest BCUT2D eigenvalue weighted by Crippen LogP contribution is 2.19. The lowest BCUT2D eigenvalue weighted by Crippen LogP contribution is -2.58. The number of carbonyl (C=O) groups excluding carboxylic acids is 3. The summed E-state index contributed by atoms with van der Waals surface area (Å²) in [5.41, 5.74) is 7.51. The first-order valence-electron chi connectivity index (χ1n) is 11.7. The number of fused-ring (bicyclic) bond motifs is 1. The Morgan fingerprint density at radius 1 is 0.946 bits per heavy atom. The van der Waals surface area contributed by atoms with Crippen molar-refractivity contribution in [2.24, 2.45) is 5.73 Å². The van der Waals surface area contributed by atoms with Crippen LogP contribution in [-0.4, -0.2) is 87.7 Å². The maximum absolute atomic E-state index is 13.4. The normalized spacial score (nSPS) is 14.4. The zero-order valence-corrected chi connectivity index (χ0v) is 23.4. The van der Waals surface area contributed by atoms with E-state index in [0.717, 1.165) is 16.5 Å². The summed E-state index contributed by atoms with van der Waals surface area (Å²) in [7, 11) is 0. The summed E-state index contributed by atoms with van der Waals surface area (Å²) in [6.45, 7) is 0. The third-order valence-electron chi connectivity index (χ3n) is 5.73. The van der Waals surface area contributed by atoms with Gasteiger partial charge in [-0.05, 0) is 48.5 Å². The molecule has 0 aliphatic heterocycles. The number of hydrogen-bond acceptors (Lipinski definition) is 8. The number of amides is 3. The molecular formula is C24H35N5O5S3. The van der Waals surface area contributed by atoms with E-state index in [4.69, 9.17) is 5.73 Å². The third kappa shape index (κ3) is 9.47. The number of aromatic nitrogens is 1. The van der Waals surface area contributed by atoms with Crippen LogP contribution in [0.5, 0.6) is 0 Å². The number of benzene rings is 1. The molecular weight excluding hydrogens is 534 g/mol. The lowest BCUT2D eigenvalue weighted by atomic mass is 10.0. The van der Waals surface area contributed by atoms with Crippen molar-refractivity contribution in [1.82, 2.24) is 20.9 Å². The molecule has 0 bridgehead atoms. The van der Waals surface area contributed by atoms with E-state index in [1.54, 1.807) is 6.20 Å². The highest BCUT2D eigenvalue weighted by Gasteiger charge is 2.30. The first-order chi connectivity index (χ1) is 17.7. The smallest absolute Gasteiger partial charge is 0.326 e. The van der Waals surface area contributed by atoms with Crippen LogP contribution in [0, 0.1) is 0 Å². The molecule has 1 aromatic carbocycles. The number of para-hydroxylation sites is 1. The molecule has 204 valence electrons. The van der Waals surface area contributed by atoms with E-state index in [9.17, 15) is 24.3 Å². The van der Waals surface area contributed by atoms with Crippen molar-refractivity contribution in [2.75, 3.05) is 29.8 Å². The van der Waals surface area contributed by atoms with Gasteiger partial charge in [-0.25, -0.2) is 4.79 Å². The SMILES string of the molecule is CSCCC(NC(=O)C(CCSC)NC(=O)C(Cc1c[nH]c2ccccc12)NC(=O)C(N)CS)C(=O)O. The largest absolute Gasteiger partial charge is 0.480 e. The minimum Gasteiger partial charge on any atom is -0.480 e. The first kappa shape index (κ1) is 30.9. The third-order valence-corrected chi connectivity index (χ3v) is 7.42. The molecule has 0 saturated carbocycles. The van der Waals surface area contributed by atoms with Crippen molar-refractivity contribution in [3.63, 3.8) is 0 Å². The fourth-order valence-electron chi connectivity index (χ4n) is 3.63. The van der Waals surface area contributed by atoms with Crippen LogP contribution in [0.15, 0.2) is 30.5 Å². The monoisotopic (exact) mass is 569 g/mol. The van der Waals surface area contributed by atoms with Crippen LogP contribution in [0.1, 0.15) is 18.4 Å². The number of nitrogens with one attached hydrogen (secondary N) is 4. The fourth-order valence-corrected chi connectivity index (χ4v) is 4.74. The number of aromatic amines is 1. The molecule has 0 radical (unpaired) electrons. The van der Waals surface area contributed by atoms with Crippen molar-refractivity contribution in [3.05, 3.63) is 36.0 Å². The Kier molecular flexibility index (Phi) is 13.2. The summed E-state index contributed by atoms with van der Waals surface area (Å²) in [5, 5.41) is 18.4. The molecule has 3 amide bonds.